The molecule has 3 nitrogen and oxygen atoms in total. The van der Waals surface area contributed by atoms with Gasteiger partial charge in [-0.2, -0.15) is 0 Å². The summed E-state index contributed by atoms with van der Waals surface area (Å²) in [7, 11) is 0. The lowest BCUT2D eigenvalue weighted by Crippen LogP contribution is -2.35. The molecule has 2 fully saturated rings. The van der Waals surface area contributed by atoms with Gasteiger partial charge in [-0.3, -0.25) is 0 Å². The van der Waals surface area contributed by atoms with Gasteiger partial charge < -0.3 is 15.6 Å². The molecule has 2 unspecified atom stereocenters. The van der Waals surface area contributed by atoms with Crippen LogP contribution in [0.2, 0.25) is 0 Å². The molecule has 1 saturated heterocycles. The van der Waals surface area contributed by atoms with Gasteiger partial charge in [0.25, 0.3) is 0 Å². The van der Waals surface area contributed by atoms with Crippen molar-refractivity contribution >= 4 is 0 Å². The van der Waals surface area contributed by atoms with Crippen molar-refractivity contribution < 1.29 is 9.84 Å². The third kappa shape index (κ3) is 3.19. The number of ether oxygens (including phenoxy) is 1. The second-order valence-electron chi connectivity index (χ2n) is 5.68. The highest BCUT2D eigenvalue weighted by atomic mass is 16.5. The van der Waals surface area contributed by atoms with Crippen molar-refractivity contribution in [3.63, 3.8) is 0 Å². The summed E-state index contributed by atoms with van der Waals surface area (Å²) in [6.45, 7) is 1.78. The molecule has 3 heteroatoms. The van der Waals surface area contributed by atoms with Crippen molar-refractivity contribution in [3.05, 3.63) is 0 Å². The molecule has 94 valence electrons. The van der Waals surface area contributed by atoms with E-state index in [9.17, 15) is 5.11 Å². The molecule has 0 amide bonds. The normalized spacial score (nSPS) is 29.2. The van der Waals surface area contributed by atoms with Gasteiger partial charge in [0.1, 0.15) is 0 Å². The van der Waals surface area contributed by atoms with E-state index in [1.165, 1.54) is 25.7 Å². The Balaban J connectivity index is 1.79. The molecule has 0 bridgehead atoms. The van der Waals surface area contributed by atoms with Gasteiger partial charge in [0.15, 0.2) is 0 Å². The van der Waals surface area contributed by atoms with Crippen molar-refractivity contribution in [1.82, 2.24) is 0 Å². The quantitative estimate of drug-likeness (QED) is 0.696. The van der Waals surface area contributed by atoms with Crippen LogP contribution in [0, 0.1) is 11.3 Å². The monoisotopic (exact) mass is 227 g/mol. The van der Waals surface area contributed by atoms with Crippen LogP contribution >= 0.6 is 0 Å². The highest BCUT2D eigenvalue weighted by Crippen LogP contribution is 2.42. The van der Waals surface area contributed by atoms with E-state index in [0.717, 1.165) is 31.8 Å². The van der Waals surface area contributed by atoms with E-state index in [4.69, 9.17) is 10.5 Å². The van der Waals surface area contributed by atoms with Gasteiger partial charge in [0.2, 0.25) is 0 Å². The Hall–Kier alpha value is -0.120. The molecule has 0 aromatic rings. The smallest absolute Gasteiger partial charge is 0.0576 e. The highest BCUT2D eigenvalue weighted by Gasteiger charge is 2.36. The predicted octanol–water partition coefficient (Wildman–Crippen LogP) is 1.68. The van der Waals surface area contributed by atoms with E-state index in [0.29, 0.717) is 12.6 Å². The maximum Gasteiger partial charge on any atom is 0.0576 e. The van der Waals surface area contributed by atoms with Crippen LogP contribution < -0.4 is 5.73 Å². The molecule has 3 N–H and O–H groups in total. The molecule has 1 heterocycles. The minimum atomic E-state index is -0.0207. The van der Waals surface area contributed by atoms with Gasteiger partial charge in [-0.15, -0.1) is 0 Å². The number of nitrogens with two attached hydrogens (primary N) is 1. The molecule has 2 aliphatic rings. The van der Waals surface area contributed by atoms with E-state index in [2.05, 4.69) is 0 Å². The van der Waals surface area contributed by atoms with Crippen LogP contribution in [0.25, 0.3) is 0 Å². The maximum atomic E-state index is 9.61. The second-order valence-corrected chi connectivity index (χ2v) is 5.68. The fourth-order valence-corrected chi connectivity index (χ4v) is 2.77. The molecule has 1 aliphatic heterocycles. The standard InChI is InChI=1S/C13H25NO2/c14-9-13(10-15,8-11-3-4-11)6-5-12-2-1-7-16-12/h11-12,15H,1-10,14H2. The summed E-state index contributed by atoms with van der Waals surface area (Å²) in [5.74, 6) is 0.834. The van der Waals surface area contributed by atoms with Gasteiger partial charge in [-0.05, 0) is 38.0 Å². The van der Waals surface area contributed by atoms with Crippen molar-refractivity contribution in [2.75, 3.05) is 19.8 Å². The number of rotatable bonds is 7. The molecule has 0 aromatic heterocycles. The molecular formula is C13H25NO2. The predicted molar refractivity (Wildman–Crippen MR) is 64.1 cm³/mol. The van der Waals surface area contributed by atoms with E-state index in [-0.39, 0.29) is 12.0 Å². The zero-order valence-electron chi connectivity index (χ0n) is 10.2. The fraction of sp³-hybridized carbons (Fsp3) is 1.00. The first-order valence-corrected chi connectivity index (χ1v) is 6.70. The Kier molecular flexibility index (Phi) is 4.22. The SMILES string of the molecule is NCC(CO)(CCC1CCCO1)CC1CC1. The van der Waals surface area contributed by atoms with E-state index >= 15 is 0 Å². The number of aliphatic hydroxyl groups is 1. The summed E-state index contributed by atoms with van der Waals surface area (Å²) in [6.07, 6.45) is 8.70. The van der Waals surface area contributed by atoms with E-state index < -0.39 is 0 Å². The first-order valence-electron chi connectivity index (χ1n) is 6.70. The van der Waals surface area contributed by atoms with Gasteiger partial charge in [0.05, 0.1) is 6.10 Å². The highest BCUT2D eigenvalue weighted by molar-refractivity contribution is 4.88. The van der Waals surface area contributed by atoms with E-state index in [1.807, 2.05) is 0 Å². The Bertz CT molecular complexity index is 206. The Labute approximate surface area is 98.4 Å². The molecule has 16 heavy (non-hydrogen) atoms. The number of aliphatic hydroxyl groups excluding tert-OH is 1. The minimum absolute atomic E-state index is 0.0207. The van der Waals surface area contributed by atoms with Gasteiger partial charge in [-0.25, -0.2) is 0 Å². The average molecular weight is 227 g/mol. The Morgan fingerprint density at radius 1 is 1.31 bits per heavy atom. The zero-order valence-corrected chi connectivity index (χ0v) is 10.2. The molecular weight excluding hydrogens is 202 g/mol. The fourth-order valence-electron chi connectivity index (χ4n) is 2.77. The van der Waals surface area contributed by atoms with Gasteiger partial charge >= 0.3 is 0 Å². The molecule has 0 spiro atoms. The zero-order chi connectivity index (χ0) is 11.4. The summed E-state index contributed by atoms with van der Waals surface area (Å²) in [4.78, 5) is 0. The van der Waals surface area contributed by atoms with Crippen molar-refractivity contribution in [2.24, 2.45) is 17.1 Å². The van der Waals surface area contributed by atoms with Crippen LogP contribution in [-0.4, -0.2) is 31.0 Å². The first kappa shape index (κ1) is 12.3. The van der Waals surface area contributed by atoms with Gasteiger partial charge in [-0.1, -0.05) is 12.8 Å². The molecule has 2 rings (SSSR count). The third-order valence-electron chi connectivity index (χ3n) is 4.21. The van der Waals surface area contributed by atoms with Crippen LogP contribution in [0.5, 0.6) is 0 Å². The lowest BCUT2D eigenvalue weighted by Gasteiger charge is -2.31. The van der Waals surface area contributed by atoms with Crippen LogP contribution in [0.4, 0.5) is 0 Å². The van der Waals surface area contributed by atoms with Crippen LogP contribution in [-0.2, 0) is 4.74 Å². The molecule has 1 saturated carbocycles. The summed E-state index contributed by atoms with van der Waals surface area (Å²) in [6, 6.07) is 0. The first-order chi connectivity index (χ1) is 7.78. The van der Waals surface area contributed by atoms with Crippen LogP contribution in [0.1, 0.15) is 44.9 Å². The molecule has 0 radical (unpaired) electrons. The summed E-state index contributed by atoms with van der Waals surface area (Å²) in [5.41, 5.74) is 5.86. The summed E-state index contributed by atoms with van der Waals surface area (Å²) >= 11 is 0. The number of hydrogen-bond acceptors (Lipinski definition) is 3. The molecule has 0 aromatic carbocycles. The third-order valence-corrected chi connectivity index (χ3v) is 4.21. The van der Waals surface area contributed by atoms with Crippen molar-refractivity contribution in [2.45, 2.75) is 51.0 Å². The van der Waals surface area contributed by atoms with Crippen LogP contribution in [0.15, 0.2) is 0 Å². The lowest BCUT2D eigenvalue weighted by molar-refractivity contribution is 0.0609. The topological polar surface area (TPSA) is 55.5 Å². The summed E-state index contributed by atoms with van der Waals surface area (Å²) < 4.78 is 5.64. The van der Waals surface area contributed by atoms with Crippen molar-refractivity contribution in [3.8, 4) is 0 Å². The average Bonchev–Trinajstić information content (AvgIpc) is 2.96. The molecule has 2 atom stereocenters. The molecule has 1 aliphatic carbocycles. The lowest BCUT2D eigenvalue weighted by atomic mass is 9.78. The minimum Gasteiger partial charge on any atom is -0.396 e. The number of hydrogen-bond donors (Lipinski definition) is 2. The Morgan fingerprint density at radius 2 is 2.12 bits per heavy atom. The summed E-state index contributed by atoms with van der Waals surface area (Å²) in [5, 5.41) is 9.61. The largest absolute Gasteiger partial charge is 0.396 e. The van der Waals surface area contributed by atoms with E-state index in [1.54, 1.807) is 0 Å². The maximum absolute atomic E-state index is 9.61. The van der Waals surface area contributed by atoms with Gasteiger partial charge in [0, 0.05) is 25.2 Å². The van der Waals surface area contributed by atoms with Crippen molar-refractivity contribution in [1.29, 1.82) is 0 Å². The van der Waals surface area contributed by atoms with Crippen LogP contribution in [0.3, 0.4) is 0 Å². The second kappa shape index (κ2) is 5.48. The Morgan fingerprint density at radius 3 is 2.62 bits per heavy atom.